The largest absolute Gasteiger partial charge is 0.357 e. The van der Waals surface area contributed by atoms with Crippen molar-refractivity contribution in [3.8, 4) is 0 Å². The number of carbonyl (C=O) groups excluding carboxylic acids is 2. The Morgan fingerprint density at radius 1 is 1.57 bits per heavy atom. The van der Waals surface area contributed by atoms with Crippen molar-refractivity contribution in [3.63, 3.8) is 0 Å². The summed E-state index contributed by atoms with van der Waals surface area (Å²) in [5, 5.41) is 5.28. The number of nitrogens with one attached hydrogen (secondary N) is 2. The Hall–Kier alpha value is -0.472. The molecule has 1 atom stereocenters. The van der Waals surface area contributed by atoms with Crippen molar-refractivity contribution in [3.05, 3.63) is 19.6 Å². The first-order chi connectivity index (χ1) is 6.22. The molecular weight excluding hydrogens is 352 g/mol. The fourth-order valence-electron chi connectivity index (χ4n) is 0.704. The molecule has 0 fully saturated rings. The van der Waals surface area contributed by atoms with Crippen LogP contribution in [0.25, 0.3) is 0 Å². The predicted octanol–water partition coefficient (Wildman–Crippen LogP) is -0.333. The smallest absolute Gasteiger partial charge is 0.206 e. The zero-order valence-electron chi connectivity index (χ0n) is 7.99. The second kappa shape index (κ2) is 10.6. The van der Waals surface area contributed by atoms with Gasteiger partial charge in [0, 0.05) is 34.2 Å². The molecule has 0 spiro atoms. The summed E-state index contributed by atoms with van der Waals surface area (Å²) >= 11 is 0. The molecular formula is C9H15N2O2W-. The maximum atomic E-state index is 11.1. The molecule has 0 heterocycles. The number of carbonyl (C=O) groups is 2. The Morgan fingerprint density at radius 2 is 2.21 bits per heavy atom. The second-order valence-electron chi connectivity index (χ2n) is 2.50. The molecule has 0 aromatic heterocycles. The Kier molecular flexibility index (Phi) is 12.1. The molecule has 0 radical (unpaired) electrons. The first kappa shape index (κ1) is 16.0. The summed E-state index contributed by atoms with van der Waals surface area (Å²) in [5.74, 6) is -0.205. The molecule has 0 aliphatic heterocycles. The summed E-state index contributed by atoms with van der Waals surface area (Å²) in [6, 6.07) is -0.574. The maximum absolute atomic E-state index is 11.1. The van der Waals surface area contributed by atoms with Gasteiger partial charge in [-0.05, 0) is 12.5 Å². The van der Waals surface area contributed by atoms with E-state index in [9.17, 15) is 9.59 Å². The van der Waals surface area contributed by atoms with Gasteiger partial charge in [-0.2, -0.15) is 0 Å². The predicted molar refractivity (Wildman–Crippen MR) is 51.0 cm³/mol. The van der Waals surface area contributed by atoms with Crippen molar-refractivity contribution in [2.24, 2.45) is 0 Å². The molecule has 0 saturated heterocycles. The van der Waals surface area contributed by atoms with E-state index in [1.54, 1.807) is 6.08 Å². The minimum atomic E-state index is -0.574. The summed E-state index contributed by atoms with van der Waals surface area (Å²) in [5.41, 5.74) is 0. The number of hydrogen-bond acceptors (Lipinski definition) is 3. The summed E-state index contributed by atoms with van der Waals surface area (Å²) in [7, 11) is 0. The van der Waals surface area contributed by atoms with Gasteiger partial charge in [0.25, 0.3) is 0 Å². The van der Waals surface area contributed by atoms with E-state index in [2.05, 4.69) is 24.1 Å². The molecule has 5 heteroatoms. The van der Waals surface area contributed by atoms with Gasteiger partial charge in [0.05, 0.1) is 0 Å². The zero-order chi connectivity index (χ0) is 10.1. The van der Waals surface area contributed by atoms with Crippen molar-refractivity contribution in [1.29, 1.82) is 0 Å². The summed E-state index contributed by atoms with van der Waals surface area (Å²) in [6.07, 6.45) is 3.14. The van der Waals surface area contributed by atoms with Crippen molar-refractivity contribution in [2.45, 2.75) is 12.5 Å². The van der Waals surface area contributed by atoms with Gasteiger partial charge in [0.2, 0.25) is 5.91 Å². The van der Waals surface area contributed by atoms with E-state index >= 15 is 0 Å². The van der Waals surface area contributed by atoms with Crippen LogP contribution < -0.4 is 10.6 Å². The minimum absolute atomic E-state index is 0. The number of hydrogen-bond donors (Lipinski definition) is 2. The SMILES string of the molecule is C=CCCNC(=O)C([CH2-])NCC=O.[W]. The van der Waals surface area contributed by atoms with Crippen molar-refractivity contribution < 1.29 is 30.7 Å². The molecule has 4 nitrogen and oxygen atoms in total. The van der Waals surface area contributed by atoms with Crippen LogP contribution in [0.5, 0.6) is 0 Å². The Morgan fingerprint density at radius 3 is 2.71 bits per heavy atom. The molecule has 14 heavy (non-hydrogen) atoms. The molecule has 2 N–H and O–H groups in total. The Bertz CT molecular complexity index is 186. The van der Waals surface area contributed by atoms with E-state index < -0.39 is 6.04 Å². The average molecular weight is 367 g/mol. The summed E-state index contributed by atoms with van der Waals surface area (Å²) < 4.78 is 0. The van der Waals surface area contributed by atoms with Crippen LogP contribution in [0, 0.1) is 6.92 Å². The van der Waals surface area contributed by atoms with E-state index in [1.807, 2.05) is 0 Å². The zero-order valence-corrected chi connectivity index (χ0v) is 10.9. The summed E-state index contributed by atoms with van der Waals surface area (Å²) in [6.45, 7) is 7.76. The molecule has 0 aromatic carbocycles. The number of amides is 1. The Balaban J connectivity index is 0. The van der Waals surface area contributed by atoms with Gasteiger partial charge in [-0.3, -0.25) is 4.79 Å². The third-order valence-corrected chi connectivity index (χ3v) is 1.41. The first-order valence-corrected chi connectivity index (χ1v) is 4.11. The fourth-order valence-corrected chi connectivity index (χ4v) is 0.704. The monoisotopic (exact) mass is 367 g/mol. The van der Waals surface area contributed by atoms with Gasteiger partial charge in [-0.15, -0.1) is 6.58 Å². The van der Waals surface area contributed by atoms with Gasteiger partial charge in [-0.1, -0.05) is 6.08 Å². The minimum Gasteiger partial charge on any atom is -0.357 e. The van der Waals surface area contributed by atoms with Crippen LogP contribution in [0.1, 0.15) is 6.42 Å². The molecule has 1 amide bonds. The molecule has 0 aromatic rings. The fraction of sp³-hybridized carbons (Fsp3) is 0.444. The topological polar surface area (TPSA) is 58.2 Å². The van der Waals surface area contributed by atoms with Crippen LogP contribution in [0.2, 0.25) is 0 Å². The molecule has 0 aliphatic rings. The van der Waals surface area contributed by atoms with Crippen LogP contribution >= 0.6 is 0 Å². The van der Waals surface area contributed by atoms with E-state index in [4.69, 9.17) is 0 Å². The van der Waals surface area contributed by atoms with Crippen LogP contribution in [-0.2, 0) is 30.7 Å². The normalized spacial score (nSPS) is 10.9. The third-order valence-electron chi connectivity index (χ3n) is 1.41. The Labute approximate surface area is 98.8 Å². The van der Waals surface area contributed by atoms with Gasteiger partial charge in [0.15, 0.2) is 0 Å². The van der Waals surface area contributed by atoms with Gasteiger partial charge in [0.1, 0.15) is 6.29 Å². The van der Waals surface area contributed by atoms with Gasteiger partial charge >= 0.3 is 0 Å². The molecule has 1 unspecified atom stereocenters. The van der Waals surface area contributed by atoms with Crippen molar-refractivity contribution in [2.75, 3.05) is 13.1 Å². The van der Waals surface area contributed by atoms with E-state index in [0.29, 0.717) is 12.8 Å². The molecule has 0 saturated carbocycles. The van der Waals surface area contributed by atoms with Crippen LogP contribution in [0.4, 0.5) is 0 Å². The van der Waals surface area contributed by atoms with Crippen LogP contribution in [-0.4, -0.2) is 31.3 Å². The van der Waals surface area contributed by atoms with Gasteiger partial charge in [-0.25, -0.2) is 0 Å². The number of rotatable bonds is 7. The van der Waals surface area contributed by atoms with E-state index in [1.165, 1.54) is 0 Å². The molecule has 0 rings (SSSR count). The average Bonchev–Trinajstić information content (AvgIpc) is 2.14. The molecule has 0 bridgehead atoms. The summed E-state index contributed by atoms with van der Waals surface area (Å²) in [4.78, 5) is 21.1. The number of aldehydes is 1. The van der Waals surface area contributed by atoms with Crippen molar-refractivity contribution in [1.82, 2.24) is 10.6 Å². The quantitative estimate of drug-likeness (QED) is 0.281. The maximum Gasteiger partial charge on any atom is 0.206 e. The standard InChI is InChI=1S/C9H15N2O2.W/c1-3-4-5-11-9(13)8(2)10-6-7-12;/h3,7-8,10H,1-2,4-6H2,(H,11,13);/q-1;. The van der Waals surface area contributed by atoms with Crippen LogP contribution in [0.3, 0.4) is 0 Å². The second-order valence-corrected chi connectivity index (χ2v) is 2.50. The third kappa shape index (κ3) is 8.14. The first-order valence-electron chi connectivity index (χ1n) is 4.11. The molecule has 80 valence electrons. The van der Waals surface area contributed by atoms with E-state index in [-0.39, 0.29) is 33.5 Å². The van der Waals surface area contributed by atoms with Crippen molar-refractivity contribution >= 4 is 12.2 Å². The van der Waals surface area contributed by atoms with E-state index in [0.717, 1.165) is 6.42 Å². The van der Waals surface area contributed by atoms with Crippen LogP contribution in [0.15, 0.2) is 12.7 Å². The van der Waals surface area contributed by atoms with Gasteiger partial charge < -0.3 is 22.4 Å². The molecule has 0 aliphatic carbocycles.